The van der Waals surface area contributed by atoms with Crippen LogP contribution in [0.3, 0.4) is 0 Å². The third-order valence-corrected chi connectivity index (χ3v) is 16.5. The summed E-state index contributed by atoms with van der Waals surface area (Å²) < 4.78 is 0. The summed E-state index contributed by atoms with van der Waals surface area (Å²) in [6.07, 6.45) is 38.1. The molecule has 0 fully saturated rings. The SMILES string of the molecule is C/C=C\C=C1\c2ccccc2-c2ccccc2C1C.C/C=C\CN(C)c1ccc2c3ccccc3c3ccccc3c2c1.C=C/C=C\C=C/C/C(C)=C/c1cc(/C=C/c2ccc3c(c2)C(C)(C)C(C)=C3)ccc1/C=C(\C)c1ccccc1.C=CC.C=CC=C.CC. The first-order valence-electron chi connectivity index (χ1n) is 32.2. The summed E-state index contributed by atoms with van der Waals surface area (Å²) in [7, 11) is 2.14. The van der Waals surface area contributed by atoms with Crippen molar-refractivity contribution in [3.63, 3.8) is 0 Å². The normalized spacial score (nSPS) is 14.2. The van der Waals surface area contributed by atoms with E-state index in [9.17, 15) is 0 Å². The average Bonchev–Trinajstić information content (AvgIpc) is 1.40. The fraction of sp³-hybridized carbons (Fsp3) is 0.178. The van der Waals surface area contributed by atoms with E-state index in [0.29, 0.717) is 5.92 Å². The molecule has 0 N–H and O–H groups in total. The molecule has 0 saturated carbocycles. The number of fused-ring (bicyclic) bond motifs is 10. The molecule has 0 heterocycles. The van der Waals surface area contributed by atoms with Crippen LogP contribution in [-0.4, -0.2) is 13.6 Å². The van der Waals surface area contributed by atoms with Gasteiger partial charge in [0.25, 0.3) is 0 Å². The van der Waals surface area contributed by atoms with Crippen molar-refractivity contribution in [2.45, 2.75) is 93.9 Å². The van der Waals surface area contributed by atoms with Crippen molar-refractivity contribution in [3.05, 3.63) is 349 Å². The molecule has 9 aromatic carbocycles. The number of likely N-dealkylation sites (N-methyl/N-ethyl adjacent to an activating group) is 1. The van der Waals surface area contributed by atoms with Crippen LogP contribution in [0.2, 0.25) is 0 Å². The first kappa shape index (κ1) is 70.3. The van der Waals surface area contributed by atoms with Crippen molar-refractivity contribution in [3.8, 4) is 11.1 Å². The van der Waals surface area contributed by atoms with Gasteiger partial charge in [0.2, 0.25) is 0 Å². The highest BCUT2D eigenvalue weighted by Crippen LogP contribution is 2.46. The smallest absolute Gasteiger partial charge is 0.0373 e. The summed E-state index contributed by atoms with van der Waals surface area (Å²) in [5.74, 6) is 0.447. The Bertz CT molecular complexity index is 4170. The molecule has 2 aliphatic carbocycles. The van der Waals surface area contributed by atoms with Crippen molar-refractivity contribution >= 4 is 79.5 Å². The molecule has 91 heavy (non-hydrogen) atoms. The quantitative estimate of drug-likeness (QED) is 0.0454. The maximum atomic E-state index is 3.73. The number of anilines is 1. The first-order valence-corrected chi connectivity index (χ1v) is 32.2. The van der Waals surface area contributed by atoms with Crippen LogP contribution in [0.4, 0.5) is 5.69 Å². The Morgan fingerprint density at radius 3 is 1.70 bits per heavy atom. The average molecular weight is 1190 g/mol. The van der Waals surface area contributed by atoms with E-state index >= 15 is 0 Å². The van der Waals surface area contributed by atoms with E-state index in [-0.39, 0.29) is 5.41 Å². The molecule has 1 atom stereocenters. The number of hydrogen-bond acceptors (Lipinski definition) is 1. The Labute approximate surface area is 548 Å². The van der Waals surface area contributed by atoms with Gasteiger partial charge in [-0.2, -0.15) is 0 Å². The zero-order valence-electron chi connectivity index (χ0n) is 56.5. The van der Waals surface area contributed by atoms with Crippen molar-refractivity contribution in [1.29, 1.82) is 0 Å². The van der Waals surface area contributed by atoms with Gasteiger partial charge >= 0.3 is 0 Å². The van der Waals surface area contributed by atoms with Gasteiger partial charge in [0, 0.05) is 30.6 Å². The molecular formula is C90H97N. The number of benzene rings is 9. The van der Waals surface area contributed by atoms with Crippen LogP contribution in [-0.2, 0) is 5.41 Å². The van der Waals surface area contributed by atoms with Crippen molar-refractivity contribution in [1.82, 2.24) is 0 Å². The fourth-order valence-corrected chi connectivity index (χ4v) is 11.4. The highest BCUT2D eigenvalue weighted by atomic mass is 15.1. The van der Waals surface area contributed by atoms with Crippen molar-refractivity contribution in [2.75, 3.05) is 18.5 Å². The van der Waals surface area contributed by atoms with Crippen LogP contribution in [0.1, 0.15) is 139 Å². The van der Waals surface area contributed by atoms with Crippen LogP contribution in [0.25, 0.3) is 85.0 Å². The summed E-state index contributed by atoms with van der Waals surface area (Å²) in [4.78, 5) is 2.28. The summed E-state index contributed by atoms with van der Waals surface area (Å²) >= 11 is 0. The summed E-state index contributed by atoms with van der Waals surface area (Å²) in [6.45, 7) is 38.3. The highest BCUT2D eigenvalue weighted by molar-refractivity contribution is 6.25. The van der Waals surface area contributed by atoms with Gasteiger partial charge in [-0.25, -0.2) is 0 Å². The molecule has 0 bridgehead atoms. The third-order valence-electron chi connectivity index (χ3n) is 16.5. The lowest BCUT2D eigenvalue weighted by Gasteiger charge is -2.28. The Hall–Kier alpha value is -9.82. The van der Waals surface area contributed by atoms with Gasteiger partial charge in [0.05, 0.1) is 0 Å². The van der Waals surface area contributed by atoms with Gasteiger partial charge < -0.3 is 4.90 Å². The van der Waals surface area contributed by atoms with E-state index in [1.807, 2.05) is 32.9 Å². The maximum absolute atomic E-state index is 3.73. The molecule has 1 unspecified atom stereocenters. The Morgan fingerprint density at radius 2 is 1.09 bits per heavy atom. The Balaban J connectivity index is 0.000000215. The first-order chi connectivity index (χ1) is 44.2. The monoisotopic (exact) mass is 1190 g/mol. The van der Waals surface area contributed by atoms with E-state index in [4.69, 9.17) is 0 Å². The molecule has 0 radical (unpaired) electrons. The molecular weight excluding hydrogens is 1090 g/mol. The Morgan fingerprint density at radius 1 is 0.527 bits per heavy atom. The van der Waals surface area contributed by atoms with E-state index in [1.54, 1.807) is 24.3 Å². The van der Waals surface area contributed by atoms with Gasteiger partial charge in [0.15, 0.2) is 0 Å². The molecule has 0 aromatic heterocycles. The van der Waals surface area contributed by atoms with E-state index in [1.165, 1.54) is 121 Å². The zero-order chi connectivity index (χ0) is 65.7. The predicted molar refractivity (Wildman–Crippen MR) is 413 cm³/mol. The van der Waals surface area contributed by atoms with Crippen LogP contribution in [0.15, 0.2) is 298 Å². The fourth-order valence-electron chi connectivity index (χ4n) is 11.4. The lowest BCUT2D eigenvalue weighted by atomic mass is 9.76. The number of hydrogen-bond donors (Lipinski definition) is 0. The lowest BCUT2D eigenvalue weighted by molar-refractivity contribution is 0.639. The second-order valence-electron chi connectivity index (χ2n) is 23.1. The van der Waals surface area contributed by atoms with E-state index in [2.05, 4.69) is 349 Å². The number of nitrogens with zero attached hydrogens (tertiary/aromatic N) is 1. The van der Waals surface area contributed by atoms with Gasteiger partial charge in [-0.05, 0) is 171 Å². The molecule has 0 saturated heterocycles. The van der Waals surface area contributed by atoms with E-state index in [0.717, 1.165) is 13.0 Å². The minimum absolute atomic E-state index is 0.0925. The topological polar surface area (TPSA) is 3.24 Å². The number of allylic oxidation sites excluding steroid dienone is 16. The van der Waals surface area contributed by atoms with Gasteiger partial charge in [-0.15, -0.1) is 6.58 Å². The summed E-state index contributed by atoms with van der Waals surface area (Å²) in [5, 5.41) is 7.97. The molecule has 1 heteroatoms. The summed E-state index contributed by atoms with van der Waals surface area (Å²) in [5.41, 5.74) is 21.2. The Kier molecular flexibility index (Phi) is 27.8. The second kappa shape index (κ2) is 36.0. The van der Waals surface area contributed by atoms with Crippen LogP contribution < -0.4 is 4.90 Å². The molecule has 0 aliphatic heterocycles. The maximum Gasteiger partial charge on any atom is 0.0373 e. The van der Waals surface area contributed by atoms with E-state index < -0.39 is 0 Å². The largest absolute Gasteiger partial charge is 0.371 e. The van der Waals surface area contributed by atoms with Crippen LogP contribution >= 0.6 is 0 Å². The minimum Gasteiger partial charge on any atom is -0.371 e. The highest BCUT2D eigenvalue weighted by Gasteiger charge is 2.30. The van der Waals surface area contributed by atoms with Gasteiger partial charge in [0.1, 0.15) is 0 Å². The lowest BCUT2D eigenvalue weighted by Crippen LogP contribution is -2.16. The molecule has 1 nitrogen and oxygen atoms in total. The van der Waals surface area contributed by atoms with Crippen LogP contribution in [0.5, 0.6) is 0 Å². The van der Waals surface area contributed by atoms with Crippen LogP contribution in [0, 0.1) is 0 Å². The molecule has 0 spiro atoms. The molecule has 0 amide bonds. The second-order valence-corrected chi connectivity index (χ2v) is 23.1. The molecule has 2 aliphatic rings. The minimum atomic E-state index is 0.0925. The van der Waals surface area contributed by atoms with Gasteiger partial charge in [-0.1, -0.05) is 339 Å². The molecule has 11 rings (SSSR count). The standard InChI is InChI=1S/C39H40.C23H21N.C19H18.C4H6.C3H6.C2H6/c1-7-8-9-10-12-15-29(2)24-37-27-32(20-22-35(37)25-30(3)34-16-13-11-14-17-34)18-19-33-21-23-36-26-31(4)39(5,6)38(36)28-33;1-3-4-15-24(2)17-13-14-22-20-11-6-5-9-18(20)19-10-7-8-12-21(19)23(22)16-17;1-3-4-9-15-14(2)16-10-5-6-11-18(16)19-13-8-7-12-17(15)19;1-3-4-2;1-3-2;1-2/h7-14,16-28H,1,15H2,2-6H3;3-14,16H,15H2,1-2H3;3-14H,1-2H3;3-4H,1-2H2;3H,1H2,2H3;1-2H3/b9-8-,12-10-,19-18+,29-24+,30-25+;4-3-;4-3-,15-9+;;;. The number of rotatable bonds is 14. The molecule has 9 aromatic rings. The summed E-state index contributed by atoms with van der Waals surface area (Å²) in [6, 6.07) is 65.9. The van der Waals surface area contributed by atoms with Crippen molar-refractivity contribution < 1.29 is 0 Å². The van der Waals surface area contributed by atoms with Crippen molar-refractivity contribution in [2.24, 2.45) is 0 Å². The predicted octanol–water partition coefficient (Wildman–Crippen LogP) is 26.4. The zero-order valence-corrected chi connectivity index (χ0v) is 56.5. The molecule has 462 valence electrons. The van der Waals surface area contributed by atoms with Gasteiger partial charge in [-0.3, -0.25) is 0 Å². The third kappa shape index (κ3) is 18.6.